The predicted molar refractivity (Wildman–Crippen MR) is 60.5 cm³/mol. The molecule has 0 spiro atoms. The van der Waals surface area contributed by atoms with Gasteiger partial charge in [0.05, 0.1) is 17.7 Å². The lowest BCUT2D eigenvalue weighted by molar-refractivity contribution is 0.729. The van der Waals surface area contributed by atoms with E-state index >= 15 is 0 Å². The van der Waals surface area contributed by atoms with Crippen LogP contribution in [0.15, 0.2) is 29.9 Å². The zero-order valence-corrected chi connectivity index (χ0v) is 8.86. The second-order valence-corrected chi connectivity index (χ2v) is 2.67. The van der Waals surface area contributed by atoms with Gasteiger partial charge in [-0.25, -0.2) is 4.99 Å². The van der Waals surface area contributed by atoms with Crippen LogP contribution < -0.4 is 0 Å². The van der Waals surface area contributed by atoms with Gasteiger partial charge in [-0.15, -0.1) is 0 Å². The molecule has 0 fully saturated rings. The summed E-state index contributed by atoms with van der Waals surface area (Å²) in [4.78, 5) is 10.3. The fourth-order valence-corrected chi connectivity index (χ4v) is 1.11. The van der Waals surface area contributed by atoms with Gasteiger partial charge in [0.2, 0.25) is 0 Å². The molecule has 0 N–H and O–H groups in total. The van der Waals surface area contributed by atoms with E-state index in [4.69, 9.17) is 0 Å². The van der Waals surface area contributed by atoms with Crippen molar-refractivity contribution in [3.05, 3.63) is 30.6 Å². The van der Waals surface area contributed by atoms with E-state index in [1.165, 1.54) is 0 Å². The number of aliphatic imine (C=N–C) groups is 1. The Bertz CT molecular complexity index is 355. The normalized spacial score (nSPS) is 13.1. The molecule has 0 bridgehead atoms. The largest absolute Gasteiger partial charge is 0.334 e. The van der Waals surface area contributed by atoms with Crippen LogP contribution in [0.3, 0.4) is 0 Å². The maximum atomic E-state index is 4.20. The summed E-state index contributed by atoms with van der Waals surface area (Å²) >= 11 is 0. The van der Waals surface area contributed by atoms with E-state index in [1.807, 2.05) is 37.9 Å². The Morgan fingerprint density at radius 2 is 2.07 bits per heavy atom. The van der Waals surface area contributed by atoms with E-state index < -0.39 is 0 Å². The number of nitrogens with zero attached hydrogens (tertiary/aromatic N) is 3. The van der Waals surface area contributed by atoms with Crippen LogP contribution in [0.4, 0.5) is 5.69 Å². The molecule has 0 aliphatic carbocycles. The van der Waals surface area contributed by atoms with Crippen molar-refractivity contribution in [1.29, 1.82) is 0 Å². The monoisotopic (exact) mass is 189 g/mol. The van der Waals surface area contributed by atoms with Crippen molar-refractivity contribution in [3.63, 3.8) is 0 Å². The van der Waals surface area contributed by atoms with E-state index in [0.717, 1.165) is 17.1 Å². The summed E-state index contributed by atoms with van der Waals surface area (Å²) < 4.78 is 0. The van der Waals surface area contributed by atoms with E-state index in [2.05, 4.69) is 16.6 Å². The van der Waals surface area contributed by atoms with Gasteiger partial charge in [0.25, 0.3) is 0 Å². The van der Waals surface area contributed by atoms with Crippen molar-refractivity contribution in [2.24, 2.45) is 4.99 Å². The Balaban J connectivity index is 0.000000461. The van der Waals surface area contributed by atoms with Gasteiger partial charge in [-0.2, -0.15) is 0 Å². The third-order valence-corrected chi connectivity index (χ3v) is 1.86. The zero-order chi connectivity index (χ0) is 10.6. The van der Waals surface area contributed by atoms with Crippen molar-refractivity contribution in [3.8, 4) is 0 Å². The fraction of sp³-hybridized carbons (Fsp3) is 0.273. The lowest BCUT2D eigenvalue weighted by Crippen LogP contribution is -2.17. The molecule has 1 aliphatic rings. The van der Waals surface area contributed by atoms with Crippen molar-refractivity contribution in [2.45, 2.75) is 13.8 Å². The van der Waals surface area contributed by atoms with Crippen molar-refractivity contribution in [2.75, 3.05) is 7.05 Å². The van der Waals surface area contributed by atoms with E-state index in [1.54, 1.807) is 12.5 Å². The molecular formula is C11H15N3. The Hall–Kier alpha value is -1.64. The highest BCUT2D eigenvalue weighted by atomic mass is 15.2. The van der Waals surface area contributed by atoms with Gasteiger partial charge in [0.15, 0.2) is 0 Å². The average molecular weight is 189 g/mol. The van der Waals surface area contributed by atoms with Gasteiger partial charge in [0.1, 0.15) is 5.69 Å². The molecule has 0 saturated heterocycles. The molecule has 74 valence electrons. The molecule has 1 aromatic rings. The lowest BCUT2D eigenvalue weighted by Gasteiger charge is -2.20. The van der Waals surface area contributed by atoms with Crippen LogP contribution in [-0.2, 0) is 0 Å². The third-order valence-electron chi connectivity index (χ3n) is 1.86. The highest BCUT2D eigenvalue weighted by molar-refractivity contribution is 5.84. The zero-order valence-electron chi connectivity index (χ0n) is 8.86. The highest BCUT2D eigenvalue weighted by Crippen LogP contribution is 2.27. The third kappa shape index (κ3) is 1.82. The first kappa shape index (κ1) is 10.4. The molecule has 0 amide bonds. The Morgan fingerprint density at radius 1 is 1.36 bits per heavy atom. The SMILES string of the molecule is C=C1c2ncccc2N=CN1C.CC. The van der Waals surface area contributed by atoms with E-state index in [0.29, 0.717) is 0 Å². The van der Waals surface area contributed by atoms with Gasteiger partial charge in [0, 0.05) is 13.2 Å². The molecule has 1 aromatic heterocycles. The second-order valence-electron chi connectivity index (χ2n) is 2.67. The molecule has 0 aromatic carbocycles. The molecule has 3 nitrogen and oxygen atoms in total. The summed E-state index contributed by atoms with van der Waals surface area (Å²) in [6.45, 7) is 7.91. The maximum Gasteiger partial charge on any atom is 0.112 e. The number of fused-ring (bicyclic) bond motifs is 1. The molecule has 0 unspecified atom stereocenters. The summed E-state index contributed by atoms with van der Waals surface area (Å²) in [5.41, 5.74) is 2.64. The molecule has 14 heavy (non-hydrogen) atoms. The topological polar surface area (TPSA) is 28.5 Å². The van der Waals surface area contributed by atoms with Crippen molar-refractivity contribution < 1.29 is 0 Å². The summed E-state index contributed by atoms with van der Waals surface area (Å²) in [6, 6.07) is 3.80. The van der Waals surface area contributed by atoms with Gasteiger partial charge in [-0.3, -0.25) is 4.98 Å². The first-order chi connectivity index (χ1) is 6.79. The first-order valence-corrected chi connectivity index (χ1v) is 4.70. The fourth-order valence-electron chi connectivity index (χ4n) is 1.11. The molecule has 0 saturated carbocycles. The number of hydrogen-bond donors (Lipinski definition) is 0. The molecule has 0 radical (unpaired) electrons. The maximum absolute atomic E-state index is 4.20. The molecular weight excluding hydrogens is 174 g/mol. The smallest absolute Gasteiger partial charge is 0.112 e. The quantitative estimate of drug-likeness (QED) is 0.627. The first-order valence-electron chi connectivity index (χ1n) is 4.70. The van der Waals surface area contributed by atoms with Gasteiger partial charge < -0.3 is 4.90 Å². The summed E-state index contributed by atoms with van der Waals surface area (Å²) in [7, 11) is 1.91. The van der Waals surface area contributed by atoms with Gasteiger partial charge >= 0.3 is 0 Å². The number of rotatable bonds is 0. The summed E-state index contributed by atoms with van der Waals surface area (Å²) in [6.07, 6.45) is 3.49. The predicted octanol–water partition coefficient (Wildman–Crippen LogP) is 2.68. The number of aromatic nitrogens is 1. The van der Waals surface area contributed by atoms with Crippen LogP contribution >= 0.6 is 0 Å². The Kier molecular flexibility index (Phi) is 3.40. The standard InChI is InChI=1S/C9H9N3.C2H6/c1-7-9-8(4-3-5-10-9)11-6-12(7)2;1-2/h3-6H,1H2,2H3;1-2H3. The number of pyridine rings is 1. The van der Waals surface area contributed by atoms with Crippen LogP contribution in [0.25, 0.3) is 5.70 Å². The highest BCUT2D eigenvalue weighted by Gasteiger charge is 2.12. The summed E-state index contributed by atoms with van der Waals surface area (Å²) in [5.74, 6) is 0. The molecule has 2 rings (SSSR count). The second kappa shape index (κ2) is 4.56. The minimum atomic E-state index is 0.863. The van der Waals surface area contributed by atoms with Crippen LogP contribution in [-0.4, -0.2) is 23.3 Å². The molecule has 2 heterocycles. The Labute approximate surface area is 84.8 Å². The van der Waals surface area contributed by atoms with Crippen molar-refractivity contribution >= 4 is 17.7 Å². The van der Waals surface area contributed by atoms with Crippen molar-refractivity contribution in [1.82, 2.24) is 9.88 Å². The van der Waals surface area contributed by atoms with Gasteiger partial charge in [-0.1, -0.05) is 20.4 Å². The van der Waals surface area contributed by atoms with E-state index in [-0.39, 0.29) is 0 Å². The minimum Gasteiger partial charge on any atom is -0.334 e. The summed E-state index contributed by atoms with van der Waals surface area (Å²) in [5, 5.41) is 0. The van der Waals surface area contributed by atoms with Crippen LogP contribution in [0.5, 0.6) is 0 Å². The Morgan fingerprint density at radius 3 is 2.79 bits per heavy atom. The lowest BCUT2D eigenvalue weighted by atomic mass is 10.2. The minimum absolute atomic E-state index is 0.863. The van der Waals surface area contributed by atoms with E-state index in [9.17, 15) is 0 Å². The van der Waals surface area contributed by atoms with Crippen LogP contribution in [0.2, 0.25) is 0 Å². The number of hydrogen-bond acceptors (Lipinski definition) is 3. The molecule has 0 atom stereocenters. The van der Waals surface area contributed by atoms with Crippen LogP contribution in [0.1, 0.15) is 19.5 Å². The van der Waals surface area contributed by atoms with Gasteiger partial charge in [-0.05, 0) is 12.1 Å². The molecule has 3 heteroatoms. The molecule has 1 aliphatic heterocycles. The van der Waals surface area contributed by atoms with Crippen LogP contribution in [0, 0.1) is 0 Å². The average Bonchev–Trinajstić information content (AvgIpc) is 2.27.